The molecule has 1 fully saturated rings. The van der Waals surface area contributed by atoms with Gasteiger partial charge in [-0.1, -0.05) is 5.21 Å². The van der Waals surface area contributed by atoms with Gasteiger partial charge >= 0.3 is 5.97 Å². The Morgan fingerprint density at radius 1 is 1.50 bits per heavy atom. The summed E-state index contributed by atoms with van der Waals surface area (Å²) in [4.78, 5) is 15.4. The highest BCUT2D eigenvalue weighted by Gasteiger charge is 2.21. The summed E-state index contributed by atoms with van der Waals surface area (Å²) in [5.74, 6) is -1.05. The Balaban J connectivity index is 1.69. The quantitative estimate of drug-likeness (QED) is 0.635. The molecule has 1 aromatic rings. The number of carboxylic acids is 1. The van der Waals surface area contributed by atoms with Gasteiger partial charge in [-0.3, -0.25) is 9.58 Å². The smallest absolute Gasteiger partial charge is 0.358 e. The number of aromatic nitrogens is 3. The van der Waals surface area contributed by atoms with Crippen molar-refractivity contribution in [3.8, 4) is 0 Å². The molecule has 0 bridgehead atoms. The van der Waals surface area contributed by atoms with Crippen molar-refractivity contribution in [1.29, 1.82) is 0 Å². The van der Waals surface area contributed by atoms with Gasteiger partial charge in [-0.2, -0.15) is 0 Å². The highest BCUT2D eigenvalue weighted by molar-refractivity contribution is 5.84. The second-order valence-corrected chi connectivity index (χ2v) is 5.27. The van der Waals surface area contributed by atoms with Gasteiger partial charge in [0.2, 0.25) is 0 Å². The summed E-state index contributed by atoms with van der Waals surface area (Å²) >= 11 is 0. The summed E-state index contributed by atoms with van der Waals surface area (Å²) in [6.45, 7) is 5.55. The first-order chi connectivity index (χ1) is 9.56. The first-order valence-electron chi connectivity index (χ1n) is 6.79. The molecule has 2 heterocycles. The topological polar surface area (TPSA) is 86.5 Å². The van der Waals surface area contributed by atoms with Crippen LogP contribution in [0.1, 0.15) is 10.5 Å². The number of rotatable bonds is 6. The van der Waals surface area contributed by atoms with E-state index in [0.29, 0.717) is 12.6 Å². The number of aromatic carboxylic acids is 1. The second-order valence-electron chi connectivity index (χ2n) is 5.27. The van der Waals surface area contributed by atoms with Gasteiger partial charge in [-0.25, -0.2) is 4.79 Å². The first-order valence-corrected chi connectivity index (χ1v) is 6.79. The van der Waals surface area contributed by atoms with Gasteiger partial charge < -0.3 is 15.3 Å². The fourth-order valence-electron chi connectivity index (χ4n) is 2.29. The standard InChI is InChI=1S/C12H22N6O2/c1-16-5-6-17(2)10(8-16)7-13-3-4-18-9-11(12(19)20)14-15-18/h9-10,13H,3-8H2,1-2H3,(H,19,20). The van der Waals surface area contributed by atoms with E-state index in [1.54, 1.807) is 4.68 Å². The molecule has 20 heavy (non-hydrogen) atoms. The van der Waals surface area contributed by atoms with Gasteiger partial charge in [0.1, 0.15) is 0 Å². The SMILES string of the molecule is CN1CCN(C)C(CNCCn2cc(C(=O)O)nn2)C1. The molecule has 0 spiro atoms. The van der Waals surface area contributed by atoms with Crippen molar-refractivity contribution >= 4 is 5.97 Å². The summed E-state index contributed by atoms with van der Waals surface area (Å²) in [6.07, 6.45) is 1.45. The van der Waals surface area contributed by atoms with Gasteiger partial charge in [-0.05, 0) is 14.1 Å². The molecule has 0 amide bonds. The molecular weight excluding hydrogens is 260 g/mol. The van der Waals surface area contributed by atoms with Crippen LogP contribution in [0.2, 0.25) is 0 Å². The minimum absolute atomic E-state index is 0.0151. The average molecular weight is 282 g/mol. The van der Waals surface area contributed by atoms with E-state index in [-0.39, 0.29) is 5.69 Å². The number of piperazine rings is 1. The van der Waals surface area contributed by atoms with Crippen LogP contribution < -0.4 is 5.32 Å². The Labute approximate surface area is 118 Å². The molecule has 1 saturated heterocycles. The van der Waals surface area contributed by atoms with Crippen molar-refractivity contribution in [1.82, 2.24) is 30.1 Å². The lowest BCUT2D eigenvalue weighted by molar-refractivity contribution is 0.0690. The number of carbonyl (C=O) groups is 1. The van der Waals surface area contributed by atoms with Crippen molar-refractivity contribution in [2.75, 3.05) is 46.8 Å². The van der Waals surface area contributed by atoms with Crippen molar-refractivity contribution in [2.24, 2.45) is 0 Å². The molecule has 2 N–H and O–H groups in total. The van der Waals surface area contributed by atoms with Gasteiger partial charge in [0, 0.05) is 38.8 Å². The predicted octanol–water partition coefficient (Wildman–Crippen LogP) is -1.19. The summed E-state index contributed by atoms with van der Waals surface area (Å²) < 4.78 is 1.55. The maximum Gasteiger partial charge on any atom is 0.358 e. The summed E-state index contributed by atoms with van der Waals surface area (Å²) in [5, 5.41) is 19.5. The molecule has 1 atom stereocenters. The maximum atomic E-state index is 10.7. The van der Waals surface area contributed by atoms with Crippen LogP contribution in [0.15, 0.2) is 6.20 Å². The minimum Gasteiger partial charge on any atom is -0.476 e. The van der Waals surface area contributed by atoms with E-state index in [9.17, 15) is 4.79 Å². The van der Waals surface area contributed by atoms with Crippen molar-refractivity contribution in [3.63, 3.8) is 0 Å². The molecule has 1 aromatic heterocycles. The number of nitrogens with one attached hydrogen (secondary N) is 1. The van der Waals surface area contributed by atoms with Crippen molar-refractivity contribution in [2.45, 2.75) is 12.6 Å². The number of hydrogen-bond donors (Lipinski definition) is 2. The van der Waals surface area contributed by atoms with Crippen LogP contribution in [0, 0.1) is 0 Å². The minimum atomic E-state index is -1.05. The molecule has 0 aromatic carbocycles. The van der Waals surface area contributed by atoms with E-state index in [0.717, 1.165) is 32.7 Å². The molecule has 0 radical (unpaired) electrons. The largest absolute Gasteiger partial charge is 0.476 e. The summed E-state index contributed by atoms with van der Waals surface area (Å²) in [6, 6.07) is 0.513. The van der Waals surface area contributed by atoms with Crippen LogP contribution in [-0.4, -0.2) is 88.7 Å². The summed E-state index contributed by atoms with van der Waals surface area (Å²) in [7, 11) is 4.29. The molecule has 1 aliphatic rings. The second kappa shape index (κ2) is 6.78. The lowest BCUT2D eigenvalue weighted by atomic mass is 10.2. The molecule has 0 saturated carbocycles. The van der Waals surface area contributed by atoms with Crippen LogP contribution in [-0.2, 0) is 6.54 Å². The highest BCUT2D eigenvalue weighted by atomic mass is 16.4. The van der Waals surface area contributed by atoms with E-state index in [2.05, 4.69) is 39.5 Å². The number of nitrogens with zero attached hydrogens (tertiary/aromatic N) is 5. The van der Waals surface area contributed by atoms with Gasteiger partial charge in [-0.15, -0.1) is 5.10 Å². The Morgan fingerprint density at radius 2 is 2.30 bits per heavy atom. The molecule has 0 aliphatic carbocycles. The van der Waals surface area contributed by atoms with E-state index >= 15 is 0 Å². The first kappa shape index (κ1) is 14.9. The van der Waals surface area contributed by atoms with Crippen molar-refractivity contribution < 1.29 is 9.90 Å². The molecular formula is C12H22N6O2. The van der Waals surface area contributed by atoms with Crippen molar-refractivity contribution in [3.05, 3.63) is 11.9 Å². The fourth-order valence-corrected chi connectivity index (χ4v) is 2.29. The lowest BCUT2D eigenvalue weighted by Crippen LogP contribution is -2.53. The third kappa shape index (κ3) is 3.99. The van der Waals surface area contributed by atoms with Crippen LogP contribution in [0.3, 0.4) is 0 Å². The molecule has 112 valence electrons. The predicted molar refractivity (Wildman–Crippen MR) is 73.8 cm³/mol. The van der Waals surface area contributed by atoms with Crippen LogP contribution >= 0.6 is 0 Å². The van der Waals surface area contributed by atoms with Crippen LogP contribution in [0.4, 0.5) is 0 Å². The Bertz CT molecular complexity index is 449. The highest BCUT2D eigenvalue weighted by Crippen LogP contribution is 2.04. The Morgan fingerprint density at radius 3 is 3.00 bits per heavy atom. The normalized spacial score (nSPS) is 21.2. The number of hydrogen-bond acceptors (Lipinski definition) is 6. The van der Waals surface area contributed by atoms with E-state index in [1.807, 2.05) is 0 Å². The van der Waals surface area contributed by atoms with Gasteiger partial charge in [0.05, 0.1) is 12.7 Å². The third-order valence-corrected chi connectivity index (χ3v) is 3.64. The number of carboxylic acid groups (broad SMARTS) is 1. The van der Waals surface area contributed by atoms with E-state index in [4.69, 9.17) is 5.11 Å². The lowest BCUT2D eigenvalue weighted by Gasteiger charge is -2.37. The zero-order valence-corrected chi connectivity index (χ0v) is 12.0. The van der Waals surface area contributed by atoms with Crippen LogP contribution in [0.5, 0.6) is 0 Å². The van der Waals surface area contributed by atoms with Gasteiger partial charge in [0.15, 0.2) is 5.69 Å². The average Bonchev–Trinajstić information content (AvgIpc) is 2.87. The molecule has 8 heteroatoms. The van der Waals surface area contributed by atoms with Crippen LogP contribution in [0.25, 0.3) is 0 Å². The molecule has 8 nitrogen and oxygen atoms in total. The fraction of sp³-hybridized carbons (Fsp3) is 0.750. The third-order valence-electron chi connectivity index (χ3n) is 3.64. The Kier molecular flexibility index (Phi) is 5.05. The summed E-state index contributed by atoms with van der Waals surface area (Å²) in [5.41, 5.74) is -0.0151. The number of likely N-dealkylation sites (N-methyl/N-ethyl adjacent to an activating group) is 2. The molecule has 1 aliphatic heterocycles. The van der Waals surface area contributed by atoms with Gasteiger partial charge in [0.25, 0.3) is 0 Å². The molecule has 1 unspecified atom stereocenters. The van der Waals surface area contributed by atoms with E-state index < -0.39 is 5.97 Å². The van der Waals surface area contributed by atoms with E-state index in [1.165, 1.54) is 6.20 Å². The zero-order chi connectivity index (χ0) is 14.5. The molecule has 2 rings (SSSR count). The maximum absolute atomic E-state index is 10.7. The zero-order valence-electron chi connectivity index (χ0n) is 12.0. The monoisotopic (exact) mass is 282 g/mol. The Hall–Kier alpha value is -1.51.